The molecule has 1 aromatic rings. The normalized spacial score (nSPS) is 20.6. The molecule has 2 aliphatic heterocycles. The van der Waals surface area contributed by atoms with Crippen LogP contribution < -0.4 is 10.1 Å². The number of carbonyl (C=O) groups is 3. The molecular weight excluding hydrogens is 284 g/mol. The number of carbonyl (C=O) groups excluding carboxylic acids is 3. The van der Waals surface area contributed by atoms with Gasteiger partial charge in [-0.15, -0.1) is 0 Å². The molecule has 3 amide bonds. The van der Waals surface area contributed by atoms with E-state index in [0.29, 0.717) is 30.9 Å². The molecule has 6 nitrogen and oxygen atoms in total. The molecule has 0 bridgehead atoms. The third-order valence-electron chi connectivity index (χ3n) is 3.90. The first-order valence-corrected chi connectivity index (χ1v) is 7.12. The summed E-state index contributed by atoms with van der Waals surface area (Å²) in [7, 11) is 0. The van der Waals surface area contributed by atoms with E-state index in [1.807, 2.05) is 0 Å². The molecule has 0 aliphatic carbocycles. The van der Waals surface area contributed by atoms with Gasteiger partial charge in [-0.2, -0.15) is 0 Å². The van der Waals surface area contributed by atoms with Crippen molar-refractivity contribution in [2.75, 3.05) is 6.61 Å². The molecule has 0 unspecified atom stereocenters. The maximum Gasteiger partial charge on any atom is 0.255 e. The molecule has 1 aromatic carbocycles. The van der Waals surface area contributed by atoms with Crippen LogP contribution in [-0.4, -0.2) is 35.3 Å². The number of amides is 3. The van der Waals surface area contributed by atoms with Crippen molar-refractivity contribution in [3.8, 4) is 5.75 Å². The first kappa shape index (κ1) is 14.3. The number of fused-ring (bicyclic) bond motifs is 1. The molecule has 22 heavy (non-hydrogen) atoms. The molecule has 0 saturated carbocycles. The maximum absolute atomic E-state index is 12.5. The van der Waals surface area contributed by atoms with Crippen molar-refractivity contribution >= 4 is 17.7 Å². The van der Waals surface area contributed by atoms with Gasteiger partial charge in [0, 0.05) is 17.5 Å². The zero-order valence-corrected chi connectivity index (χ0v) is 12.0. The third kappa shape index (κ3) is 2.36. The topological polar surface area (TPSA) is 75.7 Å². The third-order valence-corrected chi connectivity index (χ3v) is 3.90. The van der Waals surface area contributed by atoms with Crippen LogP contribution in [0.15, 0.2) is 30.9 Å². The van der Waals surface area contributed by atoms with Crippen molar-refractivity contribution in [3.63, 3.8) is 0 Å². The molecular formula is C16H16N2O4. The summed E-state index contributed by atoms with van der Waals surface area (Å²) in [5, 5.41) is 2.29. The number of hydrogen-bond donors (Lipinski definition) is 1. The van der Waals surface area contributed by atoms with Gasteiger partial charge >= 0.3 is 0 Å². The fourth-order valence-electron chi connectivity index (χ4n) is 2.84. The minimum absolute atomic E-state index is 0.200. The Balaban J connectivity index is 1.86. The van der Waals surface area contributed by atoms with Crippen molar-refractivity contribution < 1.29 is 19.1 Å². The smallest absolute Gasteiger partial charge is 0.255 e. The molecule has 2 heterocycles. The Morgan fingerprint density at radius 1 is 1.36 bits per heavy atom. The van der Waals surface area contributed by atoms with Gasteiger partial charge in [0.05, 0.1) is 6.54 Å². The molecule has 0 spiro atoms. The van der Waals surface area contributed by atoms with Crippen molar-refractivity contribution in [2.24, 2.45) is 0 Å². The van der Waals surface area contributed by atoms with E-state index in [1.54, 1.807) is 24.3 Å². The van der Waals surface area contributed by atoms with E-state index >= 15 is 0 Å². The fraction of sp³-hybridized carbons (Fsp3) is 0.312. The Morgan fingerprint density at radius 3 is 2.91 bits per heavy atom. The lowest BCUT2D eigenvalue weighted by Gasteiger charge is -2.29. The summed E-state index contributed by atoms with van der Waals surface area (Å²) in [6.45, 7) is 4.27. The first-order valence-electron chi connectivity index (χ1n) is 7.12. The van der Waals surface area contributed by atoms with E-state index in [4.69, 9.17) is 4.74 Å². The molecule has 1 N–H and O–H groups in total. The van der Waals surface area contributed by atoms with E-state index in [0.717, 1.165) is 5.56 Å². The highest BCUT2D eigenvalue weighted by atomic mass is 16.5. The fourth-order valence-corrected chi connectivity index (χ4v) is 2.84. The highest BCUT2D eigenvalue weighted by molar-refractivity contribution is 6.05. The minimum Gasteiger partial charge on any atom is -0.489 e. The standard InChI is InChI=1S/C16H16N2O4/c1-2-8-22-13-5-3-4-10-11(13)9-18(16(10)21)12-6-7-14(19)17-15(12)20/h2-5,12H,1,6-9H2,(H,17,19,20)/t12-/m0/s1. The number of rotatable bonds is 4. The van der Waals surface area contributed by atoms with Crippen LogP contribution in [0.4, 0.5) is 0 Å². The van der Waals surface area contributed by atoms with Gasteiger partial charge in [0.25, 0.3) is 5.91 Å². The monoisotopic (exact) mass is 300 g/mol. The molecule has 0 aromatic heterocycles. The number of imide groups is 1. The van der Waals surface area contributed by atoms with E-state index in [1.165, 1.54) is 4.90 Å². The Morgan fingerprint density at radius 2 is 2.18 bits per heavy atom. The molecule has 1 saturated heterocycles. The molecule has 1 fully saturated rings. The zero-order valence-electron chi connectivity index (χ0n) is 12.0. The van der Waals surface area contributed by atoms with Crippen LogP contribution in [-0.2, 0) is 16.1 Å². The minimum atomic E-state index is -0.607. The van der Waals surface area contributed by atoms with Crippen LogP contribution in [0.2, 0.25) is 0 Å². The van der Waals surface area contributed by atoms with Crippen LogP contribution in [0.25, 0.3) is 0 Å². The van der Waals surface area contributed by atoms with Gasteiger partial charge in [0.1, 0.15) is 18.4 Å². The molecule has 0 radical (unpaired) electrons. The van der Waals surface area contributed by atoms with Crippen LogP contribution in [0.5, 0.6) is 5.75 Å². The molecule has 114 valence electrons. The first-order chi connectivity index (χ1) is 10.6. The summed E-state index contributed by atoms with van der Waals surface area (Å²) in [6, 6.07) is 4.67. The van der Waals surface area contributed by atoms with Gasteiger partial charge in [-0.25, -0.2) is 0 Å². The van der Waals surface area contributed by atoms with Gasteiger partial charge in [0.2, 0.25) is 11.8 Å². The van der Waals surface area contributed by atoms with E-state index in [9.17, 15) is 14.4 Å². The number of ether oxygens (including phenoxy) is 1. The van der Waals surface area contributed by atoms with E-state index in [-0.39, 0.29) is 18.2 Å². The molecule has 2 aliphatic rings. The number of nitrogens with one attached hydrogen (secondary N) is 1. The second-order valence-electron chi connectivity index (χ2n) is 5.28. The summed E-state index contributed by atoms with van der Waals surface area (Å²) in [5.74, 6) is -0.277. The van der Waals surface area contributed by atoms with Gasteiger partial charge in [-0.05, 0) is 18.6 Å². The second-order valence-corrected chi connectivity index (χ2v) is 5.28. The number of benzene rings is 1. The predicted octanol–water partition coefficient (Wildman–Crippen LogP) is 1.01. The Labute approximate surface area is 127 Å². The van der Waals surface area contributed by atoms with Gasteiger partial charge in [-0.1, -0.05) is 18.7 Å². The van der Waals surface area contributed by atoms with Crippen LogP contribution in [0.1, 0.15) is 28.8 Å². The van der Waals surface area contributed by atoms with Crippen LogP contribution >= 0.6 is 0 Å². The molecule has 1 atom stereocenters. The molecule has 3 rings (SSSR count). The number of nitrogens with zero attached hydrogens (tertiary/aromatic N) is 1. The number of piperidine rings is 1. The Bertz CT molecular complexity index is 668. The zero-order chi connectivity index (χ0) is 15.7. The van der Waals surface area contributed by atoms with Crippen molar-refractivity contribution in [2.45, 2.75) is 25.4 Å². The van der Waals surface area contributed by atoms with E-state index < -0.39 is 11.9 Å². The van der Waals surface area contributed by atoms with Gasteiger partial charge < -0.3 is 9.64 Å². The van der Waals surface area contributed by atoms with Crippen molar-refractivity contribution in [3.05, 3.63) is 42.0 Å². The largest absolute Gasteiger partial charge is 0.489 e. The molecule has 6 heteroatoms. The summed E-state index contributed by atoms with van der Waals surface area (Å²) >= 11 is 0. The average Bonchev–Trinajstić information content (AvgIpc) is 2.83. The highest BCUT2D eigenvalue weighted by Crippen LogP contribution is 2.33. The lowest BCUT2D eigenvalue weighted by atomic mass is 10.0. The van der Waals surface area contributed by atoms with Gasteiger partial charge in [-0.3, -0.25) is 19.7 Å². The summed E-state index contributed by atoms with van der Waals surface area (Å²) in [6.07, 6.45) is 2.23. The van der Waals surface area contributed by atoms with Crippen molar-refractivity contribution in [1.29, 1.82) is 0 Å². The Hall–Kier alpha value is -2.63. The predicted molar refractivity (Wildman–Crippen MR) is 78.2 cm³/mol. The van der Waals surface area contributed by atoms with Crippen LogP contribution in [0.3, 0.4) is 0 Å². The maximum atomic E-state index is 12.5. The summed E-state index contributed by atoms with van der Waals surface area (Å²) in [4.78, 5) is 37.3. The van der Waals surface area contributed by atoms with Gasteiger partial charge in [0.15, 0.2) is 0 Å². The van der Waals surface area contributed by atoms with E-state index in [2.05, 4.69) is 11.9 Å². The quantitative estimate of drug-likeness (QED) is 0.665. The summed E-state index contributed by atoms with van der Waals surface area (Å²) in [5.41, 5.74) is 1.32. The highest BCUT2D eigenvalue weighted by Gasteiger charge is 2.40. The average molecular weight is 300 g/mol. The lowest BCUT2D eigenvalue weighted by molar-refractivity contribution is -0.136. The lowest BCUT2D eigenvalue weighted by Crippen LogP contribution is -2.52. The second kappa shape index (κ2) is 5.63. The number of hydrogen-bond acceptors (Lipinski definition) is 4. The van der Waals surface area contributed by atoms with Crippen LogP contribution in [0, 0.1) is 0 Å². The van der Waals surface area contributed by atoms with Crippen molar-refractivity contribution in [1.82, 2.24) is 10.2 Å². The SMILES string of the molecule is C=CCOc1cccc2c1CN([C@H]1CCC(=O)NC1=O)C2=O. The summed E-state index contributed by atoms with van der Waals surface area (Å²) < 4.78 is 5.57. The Kier molecular flexibility index (Phi) is 3.66.